The zero-order valence-electron chi connectivity index (χ0n) is 7.39. The van der Waals surface area contributed by atoms with Crippen molar-refractivity contribution in [2.24, 2.45) is 5.41 Å². The van der Waals surface area contributed by atoms with Crippen LogP contribution in [-0.2, 0) is 9.53 Å². The number of carbonyl (C=O) groups is 1. The fourth-order valence-corrected chi connectivity index (χ4v) is 2.18. The van der Waals surface area contributed by atoms with Crippen LogP contribution in [0.15, 0.2) is 10.6 Å². The minimum atomic E-state index is -0.317. The average molecular weight is 233 g/mol. The second kappa shape index (κ2) is 3.71. The number of Topliss-reactive ketones (excluding diaryl/α,β-unsaturated/α-hetero) is 1. The number of hydrogen-bond acceptors (Lipinski definition) is 2. The van der Waals surface area contributed by atoms with Gasteiger partial charge in [0.05, 0.1) is 16.5 Å². The molecule has 0 fully saturated rings. The van der Waals surface area contributed by atoms with Gasteiger partial charge in [-0.25, -0.2) is 0 Å². The Morgan fingerprint density at radius 2 is 2.42 bits per heavy atom. The summed E-state index contributed by atoms with van der Waals surface area (Å²) in [5, 5.41) is 0. The molecule has 0 spiro atoms. The van der Waals surface area contributed by atoms with Gasteiger partial charge in [-0.1, -0.05) is 13.0 Å². The quantitative estimate of drug-likeness (QED) is 0.731. The molecule has 1 aliphatic rings. The third-order valence-corrected chi connectivity index (χ3v) is 2.93. The minimum Gasteiger partial charge on any atom is -0.384 e. The first-order chi connectivity index (χ1) is 5.60. The Hall–Kier alpha value is -0.150. The van der Waals surface area contributed by atoms with Gasteiger partial charge in [0.25, 0.3) is 0 Å². The topological polar surface area (TPSA) is 26.3 Å². The maximum atomic E-state index is 11.6. The highest BCUT2D eigenvalue weighted by atomic mass is 79.9. The van der Waals surface area contributed by atoms with E-state index in [9.17, 15) is 4.79 Å². The number of halogens is 1. The Morgan fingerprint density at radius 3 is 3.00 bits per heavy atom. The van der Waals surface area contributed by atoms with Crippen molar-refractivity contribution < 1.29 is 9.53 Å². The first kappa shape index (κ1) is 9.93. The molecular formula is C9H13BrO2. The molecule has 0 bridgehead atoms. The molecule has 0 aromatic rings. The fraction of sp³-hybridized carbons (Fsp3) is 0.667. The molecule has 0 saturated heterocycles. The molecule has 0 N–H and O–H groups in total. The molecule has 3 heteroatoms. The molecule has 68 valence electrons. The van der Waals surface area contributed by atoms with Gasteiger partial charge < -0.3 is 4.74 Å². The van der Waals surface area contributed by atoms with Crippen LogP contribution in [-0.4, -0.2) is 19.5 Å². The van der Waals surface area contributed by atoms with Crippen molar-refractivity contribution in [2.75, 3.05) is 13.7 Å². The smallest absolute Gasteiger partial charge is 0.177 e. The summed E-state index contributed by atoms with van der Waals surface area (Å²) in [6, 6.07) is 0. The number of hydrogen-bond donors (Lipinski definition) is 0. The summed E-state index contributed by atoms with van der Waals surface area (Å²) < 4.78 is 5.74. The van der Waals surface area contributed by atoms with Gasteiger partial charge in [-0.2, -0.15) is 0 Å². The number of rotatable bonds is 2. The van der Waals surface area contributed by atoms with Crippen molar-refractivity contribution in [2.45, 2.75) is 19.8 Å². The largest absolute Gasteiger partial charge is 0.384 e. The maximum Gasteiger partial charge on any atom is 0.177 e. The lowest BCUT2D eigenvalue weighted by atomic mass is 9.78. The Labute approximate surface area is 81.1 Å². The number of ketones is 1. The second-order valence-electron chi connectivity index (χ2n) is 3.41. The van der Waals surface area contributed by atoms with Crippen molar-refractivity contribution >= 4 is 21.7 Å². The molecule has 2 nitrogen and oxygen atoms in total. The van der Waals surface area contributed by atoms with E-state index < -0.39 is 0 Å². The summed E-state index contributed by atoms with van der Waals surface area (Å²) in [6.07, 6.45) is 3.76. The Balaban J connectivity index is 2.79. The minimum absolute atomic E-state index is 0.163. The van der Waals surface area contributed by atoms with Crippen LogP contribution in [0.1, 0.15) is 19.8 Å². The number of methoxy groups -OCH3 is 1. The van der Waals surface area contributed by atoms with E-state index in [1.807, 2.05) is 13.0 Å². The summed E-state index contributed by atoms with van der Waals surface area (Å²) >= 11 is 3.26. The van der Waals surface area contributed by atoms with Crippen molar-refractivity contribution in [1.29, 1.82) is 0 Å². The monoisotopic (exact) mass is 232 g/mol. The second-order valence-corrected chi connectivity index (χ2v) is 4.27. The molecule has 0 amide bonds. The van der Waals surface area contributed by atoms with Crippen molar-refractivity contribution in [3.63, 3.8) is 0 Å². The molecular weight excluding hydrogens is 220 g/mol. The van der Waals surface area contributed by atoms with E-state index in [0.717, 1.165) is 12.8 Å². The van der Waals surface area contributed by atoms with Crippen LogP contribution in [0.4, 0.5) is 0 Å². The van der Waals surface area contributed by atoms with Gasteiger partial charge >= 0.3 is 0 Å². The first-order valence-electron chi connectivity index (χ1n) is 3.99. The Morgan fingerprint density at radius 1 is 1.75 bits per heavy atom. The summed E-state index contributed by atoms with van der Waals surface area (Å²) in [5.74, 6) is 0.163. The predicted molar refractivity (Wildman–Crippen MR) is 51.2 cm³/mol. The molecule has 1 atom stereocenters. The van der Waals surface area contributed by atoms with Gasteiger partial charge in [-0.15, -0.1) is 0 Å². The SMILES string of the molecule is COCC1(C)CCC=C(Br)C1=O. The van der Waals surface area contributed by atoms with Crippen LogP contribution in [0.2, 0.25) is 0 Å². The van der Waals surface area contributed by atoms with Crippen LogP contribution in [0.3, 0.4) is 0 Å². The molecule has 1 rings (SSSR count). The third kappa shape index (κ3) is 1.77. The zero-order chi connectivity index (χ0) is 9.19. The summed E-state index contributed by atoms with van der Waals surface area (Å²) in [5.41, 5.74) is -0.317. The lowest BCUT2D eigenvalue weighted by Gasteiger charge is -2.29. The van der Waals surface area contributed by atoms with Crippen LogP contribution in [0.5, 0.6) is 0 Å². The van der Waals surface area contributed by atoms with E-state index in [0.29, 0.717) is 11.1 Å². The molecule has 0 radical (unpaired) electrons. The molecule has 0 aromatic carbocycles. The van der Waals surface area contributed by atoms with E-state index in [1.54, 1.807) is 7.11 Å². The highest BCUT2D eigenvalue weighted by molar-refractivity contribution is 9.12. The predicted octanol–water partition coefficient (Wildman–Crippen LogP) is 2.28. The molecule has 1 unspecified atom stereocenters. The van der Waals surface area contributed by atoms with Crippen molar-refractivity contribution in [3.05, 3.63) is 10.6 Å². The normalized spacial score (nSPS) is 30.2. The van der Waals surface area contributed by atoms with Gasteiger partial charge in [0, 0.05) is 7.11 Å². The molecule has 1 aliphatic carbocycles. The number of allylic oxidation sites excluding steroid dienone is 2. The standard InChI is InChI=1S/C9H13BrO2/c1-9(6-12-2)5-3-4-7(10)8(9)11/h4H,3,5-6H2,1-2H3. The molecule has 0 aliphatic heterocycles. The van der Waals surface area contributed by atoms with Crippen LogP contribution < -0.4 is 0 Å². The van der Waals surface area contributed by atoms with E-state index >= 15 is 0 Å². The van der Waals surface area contributed by atoms with E-state index in [-0.39, 0.29) is 11.2 Å². The number of ether oxygens (including phenoxy) is 1. The van der Waals surface area contributed by atoms with Crippen molar-refractivity contribution in [3.8, 4) is 0 Å². The summed E-state index contributed by atoms with van der Waals surface area (Å²) in [4.78, 5) is 11.6. The molecule has 0 heterocycles. The van der Waals surface area contributed by atoms with Crippen molar-refractivity contribution in [1.82, 2.24) is 0 Å². The molecule has 12 heavy (non-hydrogen) atoms. The summed E-state index contributed by atoms with van der Waals surface area (Å²) in [7, 11) is 1.63. The Bertz CT molecular complexity index is 223. The number of carbonyl (C=O) groups excluding carboxylic acids is 1. The van der Waals surface area contributed by atoms with E-state index in [4.69, 9.17) is 4.74 Å². The van der Waals surface area contributed by atoms with Crippen LogP contribution in [0.25, 0.3) is 0 Å². The van der Waals surface area contributed by atoms with Gasteiger partial charge in [-0.3, -0.25) is 4.79 Å². The lowest BCUT2D eigenvalue weighted by molar-refractivity contribution is -0.127. The van der Waals surface area contributed by atoms with Crippen LogP contribution in [0, 0.1) is 5.41 Å². The average Bonchev–Trinajstić information content (AvgIpc) is 2.01. The fourth-order valence-electron chi connectivity index (χ4n) is 1.47. The Kier molecular flexibility index (Phi) is 3.07. The summed E-state index contributed by atoms with van der Waals surface area (Å²) in [6.45, 7) is 2.46. The van der Waals surface area contributed by atoms with Gasteiger partial charge in [0.1, 0.15) is 0 Å². The highest BCUT2D eigenvalue weighted by Gasteiger charge is 2.36. The highest BCUT2D eigenvalue weighted by Crippen LogP contribution is 2.34. The molecule has 0 aromatic heterocycles. The van der Waals surface area contributed by atoms with Gasteiger partial charge in [0.15, 0.2) is 5.78 Å². The lowest BCUT2D eigenvalue weighted by Crippen LogP contribution is -2.34. The van der Waals surface area contributed by atoms with E-state index in [1.165, 1.54) is 0 Å². The van der Waals surface area contributed by atoms with Crippen LogP contribution >= 0.6 is 15.9 Å². The first-order valence-corrected chi connectivity index (χ1v) is 4.79. The maximum absolute atomic E-state index is 11.6. The van der Waals surface area contributed by atoms with Gasteiger partial charge in [-0.05, 0) is 28.8 Å². The van der Waals surface area contributed by atoms with Gasteiger partial charge in [0.2, 0.25) is 0 Å². The third-order valence-electron chi connectivity index (χ3n) is 2.25. The molecule has 0 saturated carbocycles. The van der Waals surface area contributed by atoms with E-state index in [2.05, 4.69) is 15.9 Å². The zero-order valence-corrected chi connectivity index (χ0v) is 8.98.